The Kier molecular flexibility index (Phi) is 15.2. The Morgan fingerprint density at radius 2 is 1.17 bits per heavy atom. The number of ketones is 1. The largest absolute Gasteiger partial charge is 0.488 e. The number of nitriles is 2. The van der Waals surface area contributed by atoms with E-state index in [2.05, 4.69) is 27.4 Å². The summed E-state index contributed by atoms with van der Waals surface area (Å²) in [6.07, 6.45) is 6.07. The summed E-state index contributed by atoms with van der Waals surface area (Å²) in [6, 6.07) is 25.7. The Hall–Kier alpha value is -7.00. The first kappa shape index (κ1) is 46.5. The summed E-state index contributed by atoms with van der Waals surface area (Å²) in [6.45, 7) is 6.59. The van der Waals surface area contributed by atoms with Gasteiger partial charge in [-0.25, -0.2) is 0 Å². The highest BCUT2D eigenvalue weighted by molar-refractivity contribution is 6.32. The van der Waals surface area contributed by atoms with Crippen molar-refractivity contribution in [3.63, 3.8) is 0 Å². The molecule has 0 amide bonds. The number of carboxylic acids is 1. The molecule has 0 fully saturated rings. The zero-order valence-corrected chi connectivity index (χ0v) is 36.9. The van der Waals surface area contributed by atoms with Crippen molar-refractivity contribution in [1.82, 2.24) is 15.3 Å². The molecule has 0 radical (unpaired) electrons. The fraction of sp³-hybridized carbons (Fsp3) is 0.224. The van der Waals surface area contributed by atoms with Crippen molar-refractivity contribution < 1.29 is 38.7 Å². The highest BCUT2D eigenvalue weighted by atomic mass is 35.5. The molecule has 1 atom stereocenters. The maximum atomic E-state index is 12.5. The molecule has 0 bridgehead atoms. The molecule has 0 spiro atoms. The van der Waals surface area contributed by atoms with Crippen LogP contribution in [-0.4, -0.2) is 44.1 Å². The number of hydrogen-bond acceptors (Lipinski definition) is 12. The van der Waals surface area contributed by atoms with Crippen LogP contribution in [0.5, 0.6) is 23.0 Å². The molecule has 0 unspecified atom stereocenters. The van der Waals surface area contributed by atoms with E-state index in [-0.39, 0.29) is 54.6 Å². The molecule has 0 aliphatic carbocycles. The highest BCUT2D eigenvalue weighted by Crippen LogP contribution is 2.37. The summed E-state index contributed by atoms with van der Waals surface area (Å²) < 4.78 is 24.8. The number of aliphatic carboxylic acids is 1. The molecule has 15 heteroatoms. The van der Waals surface area contributed by atoms with E-state index in [4.69, 9.17) is 42.1 Å². The molecule has 0 aliphatic heterocycles. The quantitative estimate of drug-likeness (QED) is 0.0651. The summed E-state index contributed by atoms with van der Waals surface area (Å²) in [7, 11) is 0. The molecular formula is C49H43Cl2N5O8. The number of hydrogen-bond donors (Lipinski definition) is 3. The highest BCUT2D eigenvalue weighted by Gasteiger charge is 2.32. The van der Waals surface area contributed by atoms with E-state index in [1.54, 1.807) is 42.7 Å². The van der Waals surface area contributed by atoms with Crippen LogP contribution in [0.4, 0.5) is 0 Å². The van der Waals surface area contributed by atoms with Gasteiger partial charge in [-0.2, -0.15) is 10.5 Å². The van der Waals surface area contributed by atoms with Gasteiger partial charge in [0.1, 0.15) is 67.1 Å². The number of nitrogens with zero attached hydrogens (tertiary/aromatic N) is 4. The Morgan fingerprint density at radius 1 is 0.688 bits per heavy atom. The van der Waals surface area contributed by atoms with Crippen molar-refractivity contribution in [2.24, 2.45) is 0 Å². The molecule has 3 N–H and O–H groups in total. The zero-order chi connectivity index (χ0) is 46.0. The van der Waals surface area contributed by atoms with Gasteiger partial charge in [0.25, 0.3) is 0 Å². The lowest BCUT2D eigenvalue weighted by molar-refractivity contribution is -0.145. The third-order valence-electron chi connectivity index (χ3n) is 10.6. The number of aliphatic hydroxyl groups is 1. The second-order valence-electron chi connectivity index (χ2n) is 15.1. The number of carbonyl (C=O) groups excluding carboxylic acids is 1. The van der Waals surface area contributed by atoms with Crippen LogP contribution in [0.25, 0.3) is 11.1 Å². The van der Waals surface area contributed by atoms with Gasteiger partial charge in [0.05, 0.1) is 33.3 Å². The van der Waals surface area contributed by atoms with Crippen molar-refractivity contribution >= 4 is 35.0 Å². The van der Waals surface area contributed by atoms with E-state index in [1.165, 1.54) is 32.3 Å². The van der Waals surface area contributed by atoms with Crippen LogP contribution in [0.3, 0.4) is 0 Å². The van der Waals surface area contributed by atoms with Gasteiger partial charge in [-0.1, -0.05) is 59.6 Å². The molecule has 13 nitrogen and oxygen atoms in total. The predicted octanol–water partition coefficient (Wildman–Crippen LogP) is 9.25. The van der Waals surface area contributed by atoms with Gasteiger partial charge >= 0.3 is 5.97 Å². The fourth-order valence-electron chi connectivity index (χ4n) is 6.64. The number of rotatable bonds is 19. The van der Waals surface area contributed by atoms with E-state index >= 15 is 0 Å². The maximum absolute atomic E-state index is 12.5. The molecule has 4 aromatic carbocycles. The minimum atomic E-state index is -1.62. The molecule has 2 heterocycles. The van der Waals surface area contributed by atoms with Crippen molar-refractivity contribution in [2.75, 3.05) is 6.61 Å². The number of benzene rings is 4. The monoisotopic (exact) mass is 899 g/mol. The van der Waals surface area contributed by atoms with Crippen molar-refractivity contribution in [1.29, 1.82) is 10.5 Å². The number of pyridine rings is 2. The molecular weight excluding hydrogens is 857 g/mol. The molecule has 64 heavy (non-hydrogen) atoms. The molecule has 6 aromatic rings. The summed E-state index contributed by atoms with van der Waals surface area (Å²) >= 11 is 13.4. The van der Waals surface area contributed by atoms with Gasteiger partial charge in [0.2, 0.25) is 0 Å². The Morgan fingerprint density at radius 3 is 1.66 bits per heavy atom. The van der Waals surface area contributed by atoms with Gasteiger partial charge in [-0.15, -0.1) is 0 Å². The first-order valence-electron chi connectivity index (χ1n) is 19.9. The van der Waals surface area contributed by atoms with Gasteiger partial charge in [-0.05, 0) is 85.3 Å². The van der Waals surface area contributed by atoms with Crippen molar-refractivity contribution in [3.8, 4) is 46.3 Å². The molecule has 0 saturated heterocycles. The molecule has 326 valence electrons. The van der Waals surface area contributed by atoms with Crippen LogP contribution >= 0.6 is 23.2 Å². The number of halogens is 2. The number of aromatic nitrogens is 2. The minimum Gasteiger partial charge on any atom is -0.488 e. The van der Waals surface area contributed by atoms with Gasteiger partial charge in [0, 0.05) is 60.2 Å². The maximum Gasteiger partial charge on any atom is 0.326 e. The van der Waals surface area contributed by atoms with Crippen LogP contribution in [0, 0.1) is 36.5 Å². The lowest BCUT2D eigenvalue weighted by Gasteiger charge is -2.25. The average molecular weight is 901 g/mol. The van der Waals surface area contributed by atoms with Crippen LogP contribution in [0.2, 0.25) is 10.0 Å². The third-order valence-corrected chi connectivity index (χ3v) is 11.2. The fourth-order valence-corrected chi connectivity index (χ4v) is 7.10. The summed E-state index contributed by atoms with van der Waals surface area (Å²) in [4.78, 5) is 32.6. The summed E-state index contributed by atoms with van der Waals surface area (Å²) in [5.74, 6) is -0.179. The van der Waals surface area contributed by atoms with E-state index < -0.39 is 18.1 Å². The van der Waals surface area contributed by atoms with Gasteiger partial charge < -0.3 is 29.2 Å². The van der Waals surface area contributed by atoms with Gasteiger partial charge in [0.15, 0.2) is 5.78 Å². The second kappa shape index (κ2) is 20.9. The van der Waals surface area contributed by atoms with Crippen molar-refractivity contribution in [3.05, 3.63) is 163 Å². The summed E-state index contributed by atoms with van der Waals surface area (Å²) in [5, 5.41) is 41.5. The van der Waals surface area contributed by atoms with Crippen LogP contribution in [0.15, 0.2) is 97.6 Å². The number of Topliss-reactive ketones (excluding diaryl/α,β-unsaturated/α-hetero) is 1. The molecule has 6 rings (SSSR count). The lowest BCUT2D eigenvalue weighted by Crippen LogP contribution is -2.52. The van der Waals surface area contributed by atoms with Gasteiger partial charge in [-0.3, -0.25) is 24.9 Å². The normalized spacial score (nSPS) is 11.8. The van der Waals surface area contributed by atoms with Crippen LogP contribution in [0.1, 0.15) is 74.3 Å². The molecule has 2 aromatic heterocycles. The minimum absolute atomic E-state index is 0.00704. The number of nitrogens with one attached hydrogen (secondary N) is 1. The van der Waals surface area contributed by atoms with E-state index in [0.717, 1.165) is 33.4 Å². The standard InChI is InChI=1S/C49H43Cl2N5O8/c1-29-36(26-63-46-15-44(61-24-34-11-32(17-52)19-54-21-34)38(13-42(46)50)23-56-49(4,28-57)48(59)60)7-5-9-39(29)40-10-6-8-37(30(40)2)27-64-47-16-45(41(31(3)58)14-43(47)51)62-25-35-12-33(18-53)20-55-22-35/h5-16,19-22,56-57H,23-28H2,1-4H3,(H,59,60)/t49-/m1/s1. The number of ether oxygens (including phenoxy) is 4. The van der Waals surface area contributed by atoms with Crippen LogP contribution in [-0.2, 0) is 37.8 Å². The zero-order valence-electron chi connectivity index (χ0n) is 35.4. The van der Waals surface area contributed by atoms with E-state index in [9.17, 15) is 30.3 Å². The van der Waals surface area contributed by atoms with E-state index in [1.807, 2.05) is 50.2 Å². The Bertz CT molecular complexity index is 2800. The average Bonchev–Trinajstić information content (AvgIpc) is 3.29. The number of aliphatic hydroxyl groups excluding tert-OH is 1. The lowest BCUT2D eigenvalue weighted by atomic mass is 9.92. The Balaban J connectivity index is 1.20. The first-order chi connectivity index (χ1) is 30.7. The second-order valence-corrected chi connectivity index (χ2v) is 15.9. The first-order valence-corrected chi connectivity index (χ1v) is 20.6. The predicted molar refractivity (Wildman–Crippen MR) is 239 cm³/mol. The van der Waals surface area contributed by atoms with Crippen LogP contribution < -0.4 is 24.3 Å². The van der Waals surface area contributed by atoms with Crippen molar-refractivity contribution in [2.45, 2.75) is 66.2 Å². The molecule has 0 saturated carbocycles. The number of carboxylic acid groups (broad SMARTS) is 1. The smallest absolute Gasteiger partial charge is 0.326 e. The topological polar surface area (TPSA) is 197 Å². The molecule has 0 aliphatic rings. The van der Waals surface area contributed by atoms with E-state index in [0.29, 0.717) is 50.6 Å². The summed E-state index contributed by atoms with van der Waals surface area (Å²) in [5.41, 5.74) is 6.94. The number of carbonyl (C=O) groups is 2. The SMILES string of the molecule is CC(=O)c1cc(Cl)c(OCc2cccc(-c3cccc(COc4cc(OCc5cncc(C#N)c5)c(CN[C@](C)(CO)C(=O)O)cc4Cl)c3C)c2C)cc1OCc1cncc(C#N)c1. The third kappa shape index (κ3) is 11.1. The Labute approximate surface area is 380 Å².